The third-order valence-corrected chi connectivity index (χ3v) is 4.01. The van der Waals surface area contributed by atoms with Gasteiger partial charge in [0.1, 0.15) is 6.26 Å². The Labute approximate surface area is 169 Å². The van der Waals surface area contributed by atoms with E-state index in [9.17, 15) is 13.2 Å². The molecule has 1 aromatic heterocycles. The Morgan fingerprint density at radius 3 is 2.58 bits per heavy atom. The molecule has 1 aliphatic heterocycles. The first-order valence-electron chi connectivity index (χ1n) is 8.69. The van der Waals surface area contributed by atoms with Gasteiger partial charge in [0.05, 0.1) is 5.69 Å². The van der Waals surface area contributed by atoms with Crippen LogP contribution in [0.1, 0.15) is 31.9 Å². The van der Waals surface area contributed by atoms with Gasteiger partial charge < -0.3 is 14.7 Å². The Hall–Kier alpha value is -1.04. The third-order valence-electron chi connectivity index (χ3n) is 4.01. The van der Waals surface area contributed by atoms with Crippen LogP contribution in [0.25, 0.3) is 0 Å². The molecule has 0 atom stereocenters. The molecular formula is C16H27F3IN5O. The summed E-state index contributed by atoms with van der Waals surface area (Å²) in [5.41, 5.74) is 0.915. The number of piperazine rings is 1. The Balaban J connectivity index is 0.00000338. The van der Waals surface area contributed by atoms with E-state index in [1.54, 1.807) is 6.26 Å². The molecule has 1 aromatic rings. The van der Waals surface area contributed by atoms with E-state index in [0.29, 0.717) is 13.0 Å². The van der Waals surface area contributed by atoms with Crippen molar-refractivity contribution in [3.8, 4) is 0 Å². The van der Waals surface area contributed by atoms with Crippen molar-refractivity contribution in [2.45, 2.75) is 38.9 Å². The van der Waals surface area contributed by atoms with Crippen LogP contribution in [0.5, 0.6) is 0 Å². The van der Waals surface area contributed by atoms with E-state index in [4.69, 9.17) is 4.52 Å². The predicted octanol–water partition coefficient (Wildman–Crippen LogP) is 3.11. The minimum atomic E-state index is -4.08. The Morgan fingerprint density at radius 1 is 1.27 bits per heavy atom. The van der Waals surface area contributed by atoms with Crippen LogP contribution in [0, 0.1) is 0 Å². The number of nitrogens with one attached hydrogen (secondary N) is 1. The van der Waals surface area contributed by atoms with Gasteiger partial charge >= 0.3 is 6.18 Å². The predicted molar refractivity (Wildman–Crippen MR) is 105 cm³/mol. The van der Waals surface area contributed by atoms with E-state index in [2.05, 4.69) is 25.3 Å². The molecule has 6 nitrogen and oxygen atoms in total. The van der Waals surface area contributed by atoms with E-state index < -0.39 is 12.6 Å². The van der Waals surface area contributed by atoms with E-state index >= 15 is 0 Å². The lowest BCUT2D eigenvalue weighted by atomic mass is 10.2. The van der Waals surface area contributed by atoms with E-state index in [1.165, 1.54) is 0 Å². The minimum Gasteiger partial charge on any atom is -0.364 e. The summed E-state index contributed by atoms with van der Waals surface area (Å²) in [6.45, 7) is 7.31. The molecule has 1 saturated heterocycles. The summed E-state index contributed by atoms with van der Waals surface area (Å²) in [6, 6.07) is 1.86. The highest BCUT2D eigenvalue weighted by Crippen LogP contribution is 2.22. The number of hydrogen-bond donors (Lipinski definition) is 1. The molecule has 0 bridgehead atoms. The first-order valence-corrected chi connectivity index (χ1v) is 8.69. The fourth-order valence-corrected chi connectivity index (χ4v) is 2.71. The minimum absolute atomic E-state index is 0. The van der Waals surface area contributed by atoms with Crippen molar-refractivity contribution in [2.75, 3.05) is 39.3 Å². The number of aromatic nitrogens is 1. The highest BCUT2D eigenvalue weighted by Gasteiger charge is 2.25. The van der Waals surface area contributed by atoms with Crippen molar-refractivity contribution >= 4 is 29.9 Å². The van der Waals surface area contributed by atoms with Crippen molar-refractivity contribution in [2.24, 2.45) is 4.99 Å². The van der Waals surface area contributed by atoms with Gasteiger partial charge in [0, 0.05) is 58.3 Å². The molecule has 2 heterocycles. The molecule has 150 valence electrons. The average molecular weight is 489 g/mol. The summed E-state index contributed by atoms with van der Waals surface area (Å²) >= 11 is 0. The zero-order valence-corrected chi connectivity index (χ0v) is 17.3. The van der Waals surface area contributed by atoms with Gasteiger partial charge in [-0.05, 0) is 19.8 Å². The van der Waals surface area contributed by atoms with Crippen LogP contribution in [-0.2, 0) is 6.54 Å². The average Bonchev–Trinajstić information content (AvgIpc) is 3.06. The molecule has 1 fully saturated rings. The molecule has 1 aliphatic rings. The molecule has 1 N–H and O–H groups in total. The highest BCUT2D eigenvalue weighted by atomic mass is 127. The first kappa shape index (κ1) is 23.0. The zero-order valence-electron chi connectivity index (χ0n) is 15.0. The highest BCUT2D eigenvalue weighted by molar-refractivity contribution is 14.0. The number of alkyl halides is 3. The normalized spacial score (nSPS) is 16.5. The molecule has 10 heteroatoms. The Kier molecular flexibility index (Phi) is 10.3. The summed E-state index contributed by atoms with van der Waals surface area (Å²) < 4.78 is 41.3. The van der Waals surface area contributed by atoms with Crippen LogP contribution in [-0.4, -0.2) is 66.4 Å². The van der Waals surface area contributed by atoms with Gasteiger partial charge in [-0.25, -0.2) is 0 Å². The van der Waals surface area contributed by atoms with Gasteiger partial charge in [0.15, 0.2) is 5.96 Å². The molecule has 0 saturated carbocycles. The number of halogens is 4. The van der Waals surface area contributed by atoms with Crippen molar-refractivity contribution in [1.29, 1.82) is 0 Å². The molecule has 2 rings (SSSR count). The summed E-state index contributed by atoms with van der Waals surface area (Å²) in [7, 11) is 0. The molecule has 0 aliphatic carbocycles. The number of nitrogens with zero attached hydrogens (tertiary/aromatic N) is 4. The summed E-state index contributed by atoms with van der Waals surface area (Å²) in [4.78, 5) is 8.93. The van der Waals surface area contributed by atoms with Gasteiger partial charge in [-0.1, -0.05) is 5.16 Å². The SMILES string of the molecule is CCNC(=NCCCCC(F)(F)F)N1CCN(Cc2ccon2)CC1.I. The molecule has 0 radical (unpaired) electrons. The van der Waals surface area contributed by atoms with Crippen molar-refractivity contribution in [1.82, 2.24) is 20.3 Å². The lowest BCUT2D eigenvalue weighted by molar-refractivity contribution is -0.135. The number of aliphatic imine (C=N–C) groups is 1. The Morgan fingerprint density at radius 2 is 2.00 bits per heavy atom. The number of guanidine groups is 1. The lowest BCUT2D eigenvalue weighted by Crippen LogP contribution is -2.52. The largest absolute Gasteiger partial charge is 0.389 e. The van der Waals surface area contributed by atoms with E-state index in [1.807, 2.05) is 13.0 Å². The van der Waals surface area contributed by atoms with Crippen molar-refractivity contribution in [3.05, 3.63) is 18.0 Å². The maximum atomic E-state index is 12.2. The maximum absolute atomic E-state index is 12.2. The van der Waals surface area contributed by atoms with E-state index in [0.717, 1.165) is 50.9 Å². The summed E-state index contributed by atoms with van der Waals surface area (Å²) in [5, 5.41) is 7.15. The first-order chi connectivity index (χ1) is 12.0. The third kappa shape index (κ3) is 8.56. The topological polar surface area (TPSA) is 56.9 Å². The van der Waals surface area contributed by atoms with Crippen LogP contribution in [0.4, 0.5) is 13.2 Å². The van der Waals surface area contributed by atoms with Crippen LogP contribution in [0.2, 0.25) is 0 Å². The van der Waals surface area contributed by atoms with E-state index in [-0.39, 0.29) is 30.4 Å². The second-order valence-corrected chi connectivity index (χ2v) is 6.06. The molecule has 0 amide bonds. The van der Waals surface area contributed by atoms with Gasteiger partial charge in [-0.2, -0.15) is 13.2 Å². The number of hydrogen-bond acceptors (Lipinski definition) is 4. The van der Waals surface area contributed by atoms with Crippen LogP contribution in [0.15, 0.2) is 21.8 Å². The number of unbranched alkanes of at least 4 members (excludes halogenated alkanes) is 1. The summed E-state index contributed by atoms with van der Waals surface area (Å²) in [6.07, 6.45) is -2.67. The van der Waals surface area contributed by atoms with Crippen molar-refractivity contribution < 1.29 is 17.7 Å². The van der Waals surface area contributed by atoms with Gasteiger partial charge in [0.25, 0.3) is 0 Å². The number of rotatable bonds is 7. The smallest absolute Gasteiger partial charge is 0.364 e. The van der Waals surface area contributed by atoms with Crippen LogP contribution in [0.3, 0.4) is 0 Å². The second kappa shape index (κ2) is 11.6. The summed E-state index contributed by atoms with van der Waals surface area (Å²) in [5.74, 6) is 0.788. The fraction of sp³-hybridized carbons (Fsp3) is 0.750. The molecular weight excluding hydrogens is 462 g/mol. The maximum Gasteiger partial charge on any atom is 0.389 e. The van der Waals surface area contributed by atoms with Crippen molar-refractivity contribution in [3.63, 3.8) is 0 Å². The van der Waals surface area contributed by atoms with Crippen LogP contribution >= 0.6 is 24.0 Å². The van der Waals surface area contributed by atoms with Crippen LogP contribution < -0.4 is 5.32 Å². The molecule has 0 aromatic carbocycles. The van der Waals surface area contributed by atoms with Gasteiger partial charge in [0.2, 0.25) is 0 Å². The quantitative estimate of drug-likeness (QED) is 0.276. The van der Waals surface area contributed by atoms with Gasteiger partial charge in [-0.15, -0.1) is 24.0 Å². The lowest BCUT2D eigenvalue weighted by Gasteiger charge is -2.36. The molecule has 26 heavy (non-hydrogen) atoms. The molecule has 0 unspecified atom stereocenters. The zero-order chi connectivity index (χ0) is 18.1. The standard InChI is InChI=1S/C16H26F3N5O.HI/c1-2-20-15(21-7-4-3-6-16(17,18)19)24-10-8-23(9-11-24)13-14-5-12-25-22-14;/h5,12H,2-4,6-11,13H2,1H3,(H,20,21);1H. The molecule has 0 spiro atoms. The van der Waals surface area contributed by atoms with Gasteiger partial charge in [-0.3, -0.25) is 9.89 Å². The second-order valence-electron chi connectivity index (χ2n) is 6.06. The monoisotopic (exact) mass is 489 g/mol. The Bertz CT molecular complexity index is 516. The fourth-order valence-electron chi connectivity index (χ4n) is 2.71.